The first-order valence-corrected chi connectivity index (χ1v) is 10.8. The Morgan fingerprint density at radius 2 is 1.88 bits per heavy atom. The SMILES string of the molecule is CCOP(=O)(O)CNC(=O)C(NC(=O)Nc1ccc(Br)cc1)C(C)CC. The van der Waals surface area contributed by atoms with Gasteiger partial charge in [0, 0.05) is 10.2 Å². The average molecular weight is 450 g/mol. The summed E-state index contributed by atoms with van der Waals surface area (Å²) in [6.07, 6.45) is 0.127. The fourth-order valence-electron chi connectivity index (χ4n) is 2.08. The van der Waals surface area contributed by atoms with Crippen LogP contribution in [0.3, 0.4) is 0 Å². The molecule has 0 aliphatic carbocycles. The number of hydrogen-bond acceptors (Lipinski definition) is 4. The molecule has 26 heavy (non-hydrogen) atoms. The Morgan fingerprint density at radius 1 is 1.27 bits per heavy atom. The molecule has 0 aliphatic rings. The predicted octanol–water partition coefficient (Wildman–Crippen LogP) is 3.28. The van der Waals surface area contributed by atoms with Gasteiger partial charge in [0.15, 0.2) is 0 Å². The van der Waals surface area contributed by atoms with Gasteiger partial charge in [-0.15, -0.1) is 0 Å². The number of halogens is 1. The second-order valence-corrected chi connectivity index (χ2v) is 8.49. The zero-order valence-corrected chi connectivity index (χ0v) is 17.5. The summed E-state index contributed by atoms with van der Waals surface area (Å²) < 4.78 is 17.3. The summed E-state index contributed by atoms with van der Waals surface area (Å²) in [5.41, 5.74) is 0.574. The van der Waals surface area contributed by atoms with E-state index in [0.717, 1.165) is 4.47 Å². The number of nitrogens with one attached hydrogen (secondary N) is 3. The van der Waals surface area contributed by atoms with Crippen LogP contribution in [0.1, 0.15) is 27.2 Å². The summed E-state index contributed by atoms with van der Waals surface area (Å²) in [6, 6.07) is 5.60. The van der Waals surface area contributed by atoms with Crippen molar-refractivity contribution >= 4 is 41.2 Å². The second kappa shape index (κ2) is 10.7. The highest BCUT2D eigenvalue weighted by atomic mass is 79.9. The van der Waals surface area contributed by atoms with E-state index in [4.69, 9.17) is 4.52 Å². The van der Waals surface area contributed by atoms with Crippen molar-refractivity contribution in [2.45, 2.75) is 33.2 Å². The molecule has 1 rings (SSSR count). The summed E-state index contributed by atoms with van der Waals surface area (Å²) >= 11 is 3.31. The lowest BCUT2D eigenvalue weighted by Crippen LogP contribution is -2.51. The lowest BCUT2D eigenvalue weighted by molar-refractivity contribution is -0.123. The Hall–Kier alpha value is -1.41. The van der Waals surface area contributed by atoms with E-state index in [9.17, 15) is 19.0 Å². The van der Waals surface area contributed by atoms with Crippen LogP contribution in [-0.4, -0.2) is 35.8 Å². The van der Waals surface area contributed by atoms with Gasteiger partial charge in [-0.1, -0.05) is 36.2 Å². The molecule has 3 amide bonds. The highest BCUT2D eigenvalue weighted by molar-refractivity contribution is 9.10. The third-order valence-electron chi connectivity index (χ3n) is 3.67. The van der Waals surface area contributed by atoms with Crippen LogP contribution in [0.5, 0.6) is 0 Å². The normalized spacial score (nSPS) is 15.4. The average Bonchev–Trinajstić information content (AvgIpc) is 2.59. The lowest BCUT2D eigenvalue weighted by atomic mass is 9.98. The van der Waals surface area contributed by atoms with Crippen LogP contribution < -0.4 is 16.0 Å². The molecule has 0 saturated carbocycles. The second-order valence-electron chi connectivity index (χ2n) is 5.72. The lowest BCUT2D eigenvalue weighted by Gasteiger charge is -2.24. The third-order valence-corrected chi connectivity index (χ3v) is 5.42. The molecule has 146 valence electrons. The number of amides is 3. The highest BCUT2D eigenvalue weighted by Crippen LogP contribution is 2.39. The van der Waals surface area contributed by atoms with Gasteiger partial charge >= 0.3 is 13.6 Å². The summed E-state index contributed by atoms with van der Waals surface area (Å²) in [7, 11) is -3.88. The van der Waals surface area contributed by atoms with Gasteiger partial charge in [0.05, 0.1) is 6.61 Å². The van der Waals surface area contributed by atoms with Gasteiger partial charge in [0.2, 0.25) is 5.91 Å². The molecule has 0 bridgehead atoms. The van der Waals surface area contributed by atoms with E-state index >= 15 is 0 Å². The Balaban J connectivity index is 2.70. The number of carbonyl (C=O) groups is 2. The monoisotopic (exact) mass is 449 g/mol. The Bertz CT molecular complexity index is 656. The number of carbonyl (C=O) groups excluding carboxylic acids is 2. The van der Waals surface area contributed by atoms with Gasteiger partial charge in [-0.25, -0.2) is 4.79 Å². The molecular weight excluding hydrogens is 425 g/mol. The number of hydrogen-bond donors (Lipinski definition) is 4. The van der Waals surface area contributed by atoms with Crippen molar-refractivity contribution in [2.24, 2.45) is 5.92 Å². The number of anilines is 1. The van der Waals surface area contributed by atoms with E-state index in [1.54, 1.807) is 31.2 Å². The quantitative estimate of drug-likeness (QED) is 0.431. The van der Waals surface area contributed by atoms with Crippen LogP contribution in [0.2, 0.25) is 0 Å². The van der Waals surface area contributed by atoms with Crippen LogP contribution in [0.15, 0.2) is 28.7 Å². The van der Waals surface area contributed by atoms with Crippen molar-refractivity contribution < 1.29 is 23.6 Å². The zero-order chi connectivity index (χ0) is 19.7. The third kappa shape index (κ3) is 7.86. The fraction of sp³-hybridized carbons (Fsp3) is 0.500. The van der Waals surface area contributed by atoms with Crippen molar-refractivity contribution in [2.75, 3.05) is 18.2 Å². The van der Waals surface area contributed by atoms with Crippen molar-refractivity contribution in [3.05, 3.63) is 28.7 Å². The smallest absolute Gasteiger partial charge is 0.343 e. The predicted molar refractivity (Wildman–Crippen MR) is 104 cm³/mol. The van der Waals surface area contributed by atoms with E-state index in [1.807, 2.05) is 13.8 Å². The maximum absolute atomic E-state index is 12.4. The van der Waals surface area contributed by atoms with E-state index in [0.29, 0.717) is 12.1 Å². The van der Waals surface area contributed by atoms with Crippen LogP contribution >= 0.6 is 23.5 Å². The number of urea groups is 1. The molecule has 10 heteroatoms. The maximum atomic E-state index is 12.4. The van der Waals surface area contributed by atoms with Crippen molar-refractivity contribution in [3.63, 3.8) is 0 Å². The molecular formula is C16H25BrN3O5P. The van der Waals surface area contributed by atoms with Crippen LogP contribution in [0.25, 0.3) is 0 Å². The van der Waals surface area contributed by atoms with Gasteiger partial charge in [-0.3, -0.25) is 9.36 Å². The Kier molecular flexibility index (Phi) is 9.29. The number of benzene rings is 1. The first kappa shape index (κ1) is 22.6. The molecule has 0 aromatic heterocycles. The zero-order valence-electron chi connectivity index (χ0n) is 15.0. The molecule has 0 aliphatic heterocycles. The maximum Gasteiger partial charge on any atom is 0.347 e. The molecule has 0 saturated heterocycles. The molecule has 3 unspecified atom stereocenters. The standard InChI is InChI=1S/C16H25BrN3O5P/c1-4-11(3)14(15(21)18-10-26(23,24)25-5-2)20-16(22)19-13-8-6-12(17)7-9-13/h6-9,11,14H,4-5,10H2,1-3H3,(H,18,21)(H,23,24)(H2,19,20,22). The largest absolute Gasteiger partial charge is 0.347 e. The van der Waals surface area contributed by atoms with Gasteiger partial charge in [-0.05, 0) is 37.1 Å². The van der Waals surface area contributed by atoms with Gasteiger partial charge in [-0.2, -0.15) is 0 Å². The first-order valence-electron chi connectivity index (χ1n) is 8.25. The molecule has 0 radical (unpaired) electrons. The molecule has 3 atom stereocenters. The van der Waals surface area contributed by atoms with Gasteiger partial charge in [0.25, 0.3) is 0 Å². The molecule has 0 spiro atoms. The molecule has 4 N–H and O–H groups in total. The fourth-order valence-corrected chi connectivity index (χ4v) is 3.19. The van der Waals surface area contributed by atoms with Crippen molar-refractivity contribution in [1.29, 1.82) is 0 Å². The summed E-state index contributed by atoms with van der Waals surface area (Å²) in [6.45, 7) is 5.34. The van der Waals surface area contributed by atoms with Crippen molar-refractivity contribution in [1.82, 2.24) is 10.6 Å². The molecule has 1 aromatic rings. The molecule has 1 aromatic carbocycles. The van der Waals surface area contributed by atoms with Gasteiger partial charge < -0.3 is 25.4 Å². The Morgan fingerprint density at radius 3 is 2.42 bits per heavy atom. The number of rotatable bonds is 9. The molecule has 8 nitrogen and oxygen atoms in total. The summed E-state index contributed by atoms with van der Waals surface area (Å²) in [4.78, 5) is 34.1. The van der Waals surface area contributed by atoms with E-state index in [-0.39, 0.29) is 12.5 Å². The minimum Gasteiger partial charge on any atom is -0.343 e. The highest BCUT2D eigenvalue weighted by Gasteiger charge is 2.28. The van der Waals surface area contributed by atoms with Crippen molar-refractivity contribution in [3.8, 4) is 0 Å². The minimum absolute atomic E-state index is 0.0618. The topological polar surface area (TPSA) is 117 Å². The molecule has 0 fully saturated rings. The summed E-state index contributed by atoms with van der Waals surface area (Å²) in [5.74, 6) is -0.713. The van der Waals surface area contributed by atoms with E-state index in [2.05, 4.69) is 31.9 Å². The van der Waals surface area contributed by atoms with Crippen LogP contribution in [0.4, 0.5) is 10.5 Å². The minimum atomic E-state index is -3.88. The van der Waals surface area contributed by atoms with E-state index < -0.39 is 31.9 Å². The van der Waals surface area contributed by atoms with E-state index in [1.165, 1.54) is 0 Å². The van der Waals surface area contributed by atoms with Crippen LogP contribution in [-0.2, 0) is 13.9 Å². The summed E-state index contributed by atoms with van der Waals surface area (Å²) in [5, 5.41) is 7.63. The Labute approximate surface area is 161 Å². The molecule has 0 heterocycles. The van der Waals surface area contributed by atoms with Gasteiger partial charge in [0.1, 0.15) is 12.3 Å². The first-order chi connectivity index (χ1) is 12.2. The van der Waals surface area contributed by atoms with Crippen LogP contribution in [0, 0.1) is 5.92 Å².